The van der Waals surface area contributed by atoms with E-state index < -0.39 is 23.6 Å². The lowest BCUT2D eigenvalue weighted by Crippen LogP contribution is -2.61. The molecule has 5 heteroatoms. The molecule has 3 N–H and O–H groups in total. The van der Waals surface area contributed by atoms with E-state index in [2.05, 4.69) is 20.8 Å². The lowest BCUT2D eigenvalue weighted by molar-refractivity contribution is -0.182. The highest BCUT2D eigenvalue weighted by molar-refractivity contribution is 5.86. The number of carboxylic acids is 1. The van der Waals surface area contributed by atoms with E-state index in [4.69, 9.17) is 5.11 Å². The summed E-state index contributed by atoms with van der Waals surface area (Å²) in [5, 5.41) is 30.5. The summed E-state index contributed by atoms with van der Waals surface area (Å²) >= 11 is 0. The average molecular weight is 407 g/mol. The second-order valence-electron chi connectivity index (χ2n) is 11.2. The van der Waals surface area contributed by atoms with E-state index in [1.54, 1.807) is 0 Å². The minimum Gasteiger partial charge on any atom is -0.481 e. The van der Waals surface area contributed by atoms with E-state index in [-0.39, 0.29) is 41.8 Å². The van der Waals surface area contributed by atoms with Gasteiger partial charge >= 0.3 is 5.97 Å². The van der Waals surface area contributed by atoms with Gasteiger partial charge in [0.2, 0.25) is 0 Å². The van der Waals surface area contributed by atoms with Crippen LogP contribution in [-0.4, -0.2) is 39.3 Å². The fraction of sp³-hybridized carbons (Fsp3) is 0.917. The first-order chi connectivity index (χ1) is 13.6. The summed E-state index contributed by atoms with van der Waals surface area (Å²) in [6.07, 6.45) is 5.74. The number of carbonyl (C=O) groups is 2. The Morgan fingerprint density at radius 3 is 2.55 bits per heavy atom. The molecule has 0 heterocycles. The largest absolute Gasteiger partial charge is 0.481 e. The van der Waals surface area contributed by atoms with Crippen LogP contribution in [0.4, 0.5) is 0 Å². The number of rotatable bonds is 4. The molecule has 164 valence electrons. The first-order valence-electron chi connectivity index (χ1n) is 11.7. The maximum absolute atomic E-state index is 13.1. The fourth-order valence-corrected chi connectivity index (χ4v) is 8.58. The molecule has 0 aliphatic heterocycles. The number of ketones is 1. The van der Waals surface area contributed by atoms with Crippen molar-refractivity contribution in [2.24, 2.45) is 46.3 Å². The van der Waals surface area contributed by atoms with E-state index >= 15 is 0 Å². The minimum atomic E-state index is -0.722. The van der Waals surface area contributed by atoms with Crippen LogP contribution < -0.4 is 0 Å². The van der Waals surface area contributed by atoms with Gasteiger partial charge in [0.15, 0.2) is 0 Å². The monoisotopic (exact) mass is 406 g/mol. The smallest absolute Gasteiger partial charge is 0.303 e. The lowest BCUT2D eigenvalue weighted by atomic mass is 9.43. The van der Waals surface area contributed by atoms with Crippen LogP contribution in [0.5, 0.6) is 0 Å². The van der Waals surface area contributed by atoms with Crippen molar-refractivity contribution in [3.63, 3.8) is 0 Å². The van der Waals surface area contributed by atoms with Crippen molar-refractivity contribution in [2.75, 3.05) is 0 Å². The topological polar surface area (TPSA) is 94.8 Å². The summed E-state index contributed by atoms with van der Waals surface area (Å²) < 4.78 is 0. The normalized spacial score (nSPS) is 50.4. The molecule has 0 saturated heterocycles. The third kappa shape index (κ3) is 3.18. The Labute approximate surface area is 174 Å². The van der Waals surface area contributed by atoms with Gasteiger partial charge in [-0.2, -0.15) is 0 Å². The Kier molecular flexibility index (Phi) is 5.39. The van der Waals surface area contributed by atoms with Gasteiger partial charge in [-0.25, -0.2) is 0 Å². The zero-order chi connectivity index (χ0) is 21.1. The van der Waals surface area contributed by atoms with Crippen LogP contribution >= 0.6 is 0 Å². The molecule has 10 atom stereocenters. The number of hydrogen-bond acceptors (Lipinski definition) is 4. The van der Waals surface area contributed by atoms with Gasteiger partial charge in [-0.05, 0) is 85.9 Å². The summed E-state index contributed by atoms with van der Waals surface area (Å²) in [6, 6.07) is 0. The highest BCUT2D eigenvalue weighted by Crippen LogP contribution is 2.67. The van der Waals surface area contributed by atoms with Crippen LogP contribution in [0.2, 0.25) is 0 Å². The Hall–Kier alpha value is -0.940. The molecule has 0 aromatic rings. The van der Waals surface area contributed by atoms with Crippen molar-refractivity contribution in [3.05, 3.63) is 0 Å². The molecule has 0 amide bonds. The minimum absolute atomic E-state index is 0.0889. The quantitative estimate of drug-likeness (QED) is 0.662. The molecule has 0 bridgehead atoms. The number of fused-ring (bicyclic) bond motifs is 5. The molecule has 0 spiro atoms. The van der Waals surface area contributed by atoms with Gasteiger partial charge in [0.25, 0.3) is 0 Å². The summed E-state index contributed by atoms with van der Waals surface area (Å²) in [5.41, 5.74) is -0.280. The molecule has 1 unspecified atom stereocenters. The molecule has 4 saturated carbocycles. The van der Waals surface area contributed by atoms with Crippen LogP contribution in [0.25, 0.3) is 0 Å². The van der Waals surface area contributed by atoms with Gasteiger partial charge in [-0.1, -0.05) is 20.8 Å². The Morgan fingerprint density at radius 1 is 1.14 bits per heavy atom. The van der Waals surface area contributed by atoms with Gasteiger partial charge in [0.1, 0.15) is 5.78 Å². The van der Waals surface area contributed by atoms with Crippen molar-refractivity contribution < 1.29 is 24.9 Å². The second kappa shape index (κ2) is 7.33. The Bertz CT molecular complexity index is 676. The number of Topliss-reactive ketones (excluding diaryl/α,β-unsaturated/α-hetero) is 1. The number of aliphatic hydroxyl groups is 2. The molecule has 4 aliphatic rings. The molecule has 5 nitrogen and oxygen atoms in total. The molecule has 0 aromatic carbocycles. The van der Waals surface area contributed by atoms with E-state index in [1.165, 1.54) is 0 Å². The maximum Gasteiger partial charge on any atom is 0.303 e. The van der Waals surface area contributed by atoms with Crippen LogP contribution in [0.1, 0.15) is 78.6 Å². The molecule has 4 aliphatic carbocycles. The zero-order valence-corrected chi connectivity index (χ0v) is 18.1. The maximum atomic E-state index is 13.1. The molecule has 4 rings (SSSR count). The van der Waals surface area contributed by atoms with Gasteiger partial charge < -0.3 is 15.3 Å². The summed E-state index contributed by atoms with van der Waals surface area (Å²) in [7, 11) is 0. The van der Waals surface area contributed by atoms with Crippen LogP contribution in [0.3, 0.4) is 0 Å². The van der Waals surface area contributed by atoms with Gasteiger partial charge in [-0.3, -0.25) is 9.59 Å². The third-order valence-electron chi connectivity index (χ3n) is 10.1. The number of aliphatic hydroxyl groups excluding tert-OH is 2. The molecule has 0 aromatic heterocycles. The van der Waals surface area contributed by atoms with Crippen LogP contribution in [0.15, 0.2) is 0 Å². The van der Waals surface area contributed by atoms with Gasteiger partial charge in [0, 0.05) is 18.3 Å². The van der Waals surface area contributed by atoms with Gasteiger partial charge in [0.05, 0.1) is 12.2 Å². The lowest BCUT2D eigenvalue weighted by Gasteiger charge is -2.61. The summed E-state index contributed by atoms with van der Waals surface area (Å²) in [5.74, 6) is 1.21. The van der Waals surface area contributed by atoms with Crippen molar-refractivity contribution >= 4 is 11.8 Å². The van der Waals surface area contributed by atoms with E-state index in [9.17, 15) is 19.8 Å². The highest BCUT2D eigenvalue weighted by atomic mass is 16.4. The number of aliphatic carboxylic acids is 1. The predicted octanol–water partition coefficient (Wildman–Crippen LogP) is 3.66. The highest BCUT2D eigenvalue weighted by Gasteiger charge is 2.64. The van der Waals surface area contributed by atoms with E-state index in [1.807, 2.05) is 0 Å². The van der Waals surface area contributed by atoms with E-state index in [0.29, 0.717) is 30.6 Å². The summed E-state index contributed by atoms with van der Waals surface area (Å²) in [4.78, 5) is 24.2. The standard InChI is InChI=1S/C24H38O5/c1-13(4-7-21(28)29)16-5-6-17-22-18(8-9-23(16,17)2)24(3)14(11-19(22)26)10-15(25)12-20(24)27/h13-19,22,25-26H,4-12H2,1-3H3,(H,28,29)/t13-,14?,15+,16-,17+,18+,19-,22+,23-,24+/m1/s1. The Balaban J connectivity index is 1.59. The molecule has 4 fully saturated rings. The number of carbonyl (C=O) groups excluding carboxylic acids is 1. The fourth-order valence-electron chi connectivity index (χ4n) is 8.58. The average Bonchev–Trinajstić information content (AvgIpc) is 2.99. The van der Waals surface area contributed by atoms with Crippen LogP contribution in [-0.2, 0) is 9.59 Å². The zero-order valence-electron chi connectivity index (χ0n) is 18.1. The first kappa shape index (κ1) is 21.3. The molecule has 29 heavy (non-hydrogen) atoms. The third-order valence-corrected chi connectivity index (χ3v) is 10.1. The molecular formula is C24H38O5. The number of hydrogen-bond donors (Lipinski definition) is 3. The number of carboxylic acid groups (broad SMARTS) is 1. The van der Waals surface area contributed by atoms with Crippen molar-refractivity contribution in [1.82, 2.24) is 0 Å². The van der Waals surface area contributed by atoms with Crippen molar-refractivity contribution in [2.45, 2.75) is 90.8 Å². The predicted molar refractivity (Wildman–Crippen MR) is 109 cm³/mol. The molecular weight excluding hydrogens is 368 g/mol. The van der Waals surface area contributed by atoms with Crippen molar-refractivity contribution in [3.8, 4) is 0 Å². The molecule has 0 radical (unpaired) electrons. The first-order valence-corrected chi connectivity index (χ1v) is 11.7. The van der Waals surface area contributed by atoms with Crippen LogP contribution in [0, 0.1) is 46.3 Å². The van der Waals surface area contributed by atoms with Gasteiger partial charge in [-0.15, -0.1) is 0 Å². The van der Waals surface area contributed by atoms with Crippen molar-refractivity contribution in [1.29, 1.82) is 0 Å². The second-order valence-corrected chi connectivity index (χ2v) is 11.2. The van der Waals surface area contributed by atoms with E-state index in [0.717, 1.165) is 32.1 Å². The summed E-state index contributed by atoms with van der Waals surface area (Å²) in [6.45, 7) is 6.70. The SMILES string of the molecule is C[C@H](CCC(=O)O)[C@H]1CC[C@H]2[C@@H]3[C@H](O)CC4C[C@H](O)CC(=O)[C@]4(C)[C@H]3CC[C@]12C. The Morgan fingerprint density at radius 2 is 1.86 bits per heavy atom.